The number of carbonyl (C=O) groups is 2. The molecule has 160 valence electrons. The molecule has 2 aromatic carbocycles. The first-order valence-corrected chi connectivity index (χ1v) is 11.7. The van der Waals surface area contributed by atoms with Gasteiger partial charge in [-0.25, -0.2) is 25.9 Å². The molecule has 9 nitrogen and oxygen atoms in total. The summed E-state index contributed by atoms with van der Waals surface area (Å²) >= 11 is 5.59. The normalized spacial score (nSPS) is 15.5. The molecule has 13 heteroatoms. The molecule has 2 aromatic rings. The quantitative estimate of drug-likeness (QED) is 0.655. The Bertz CT molecular complexity index is 1220. The Labute approximate surface area is 176 Å². The third-order valence-electron chi connectivity index (χ3n) is 4.17. The van der Waals surface area contributed by atoms with Gasteiger partial charge < -0.3 is 5.32 Å². The number of hydrogen-bond acceptors (Lipinski definition) is 6. The predicted octanol–water partition coefficient (Wildman–Crippen LogP) is 0.718. The van der Waals surface area contributed by atoms with E-state index >= 15 is 0 Å². The number of benzene rings is 2. The summed E-state index contributed by atoms with van der Waals surface area (Å²) < 4.78 is 66.3. The first kappa shape index (κ1) is 22.2. The van der Waals surface area contributed by atoms with E-state index in [-0.39, 0.29) is 35.1 Å². The summed E-state index contributed by atoms with van der Waals surface area (Å²) in [5.41, 5.74) is -0.164. The lowest BCUT2D eigenvalue weighted by Crippen LogP contribution is -2.49. The number of piperazine rings is 1. The first-order valence-electron chi connectivity index (χ1n) is 8.40. The summed E-state index contributed by atoms with van der Waals surface area (Å²) in [6, 6.07) is 7.32. The van der Waals surface area contributed by atoms with Crippen LogP contribution in [0.25, 0.3) is 0 Å². The Kier molecular flexibility index (Phi) is 6.13. The lowest BCUT2D eigenvalue weighted by molar-refractivity contribution is -0.122. The number of carbonyl (C=O) groups excluding carboxylic acids is 2. The van der Waals surface area contributed by atoms with Gasteiger partial charge in [-0.3, -0.25) is 9.59 Å². The van der Waals surface area contributed by atoms with E-state index in [0.717, 1.165) is 46.8 Å². The molecule has 1 saturated heterocycles. The van der Waals surface area contributed by atoms with Crippen LogP contribution in [0.4, 0.5) is 4.39 Å². The standard InChI is InChI=1S/C17H15ClFN3O6S2/c18-12-3-6-15(14(19)9-12)29(25,26)21-17(24)11-1-4-13(5-2-11)30(27,28)22-8-7-20-16(23)10-22/h1-6,9H,7-8,10H2,(H,20,23)(H,21,24). The highest BCUT2D eigenvalue weighted by Crippen LogP contribution is 2.20. The van der Waals surface area contributed by atoms with Crippen LogP contribution in [0.15, 0.2) is 52.3 Å². The summed E-state index contributed by atoms with van der Waals surface area (Å²) in [7, 11) is -8.49. The third-order valence-corrected chi connectivity index (χ3v) is 7.63. The smallest absolute Gasteiger partial charge is 0.267 e. The second-order valence-electron chi connectivity index (χ2n) is 6.22. The molecular weight excluding hydrogens is 461 g/mol. The molecule has 0 aromatic heterocycles. The van der Waals surface area contributed by atoms with Gasteiger partial charge in [-0.1, -0.05) is 11.6 Å². The van der Waals surface area contributed by atoms with Crippen LogP contribution in [0, 0.1) is 5.82 Å². The third kappa shape index (κ3) is 4.61. The van der Waals surface area contributed by atoms with Crippen molar-refractivity contribution < 1.29 is 30.8 Å². The number of halogens is 2. The molecule has 0 radical (unpaired) electrons. The van der Waals surface area contributed by atoms with Crippen molar-refractivity contribution in [2.45, 2.75) is 9.79 Å². The van der Waals surface area contributed by atoms with Crippen molar-refractivity contribution in [2.24, 2.45) is 0 Å². The monoisotopic (exact) mass is 475 g/mol. The van der Waals surface area contributed by atoms with Crippen molar-refractivity contribution in [3.05, 3.63) is 58.9 Å². The van der Waals surface area contributed by atoms with Crippen molar-refractivity contribution in [3.8, 4) is 0 Å². The number of nitrogens with one attached hydrogen (secondary N) is 2. The van der Waals surface area contributed by atoms with Crippen molar-refractivity contribution in [1.29, 1.82) is 0 Å². The average Bonchev–Trinajstić information content (AvgIpc) is 2.67. The fourth-order valence-electron chi connectivity index (χ4n) is 2.68. The SMILES string of the molecule is O=C1CN(S(=O)(=O)c2ccc(C(=O)NS(=O)(=O)c3ccc(Cl)cc3F)cc2)CCN1. The number of amides is 2. The molecule has 0 aliphatic carbocycles. The van der Waals surface area contributed by atoms with E-state index in [0.29, 0.717) is 0 Å². The van der Waals surface area contributed by atoms with E-state index in [2.05, 4.69) is 5.32 Å². The topological polar surface area (TPSA) is 130 Å². The van der Waals surface area contributed by atoms with Gasteiger partial charge in [0, 0.05) is 23.7 Å². The average molecular weight is 476 g/mol. The molecule has 2 amide bonds. The van der Waals surface area contributed by atoms with Crippen LogP contribution in [-0.4, -0.2) is 52.6 Å². The maximum atomic E-state index is 13.9. The van der Waals surface area contributed by atoms with E-state index in [1.807, 2.05) is 0 Å². The van der Waals surface area contributed by atoms with Crippen molar-refractivity contribution in [1.82, 2.24) is 14.3 Å². The summed E-state index contributed by atoms with van der Waals surface area (Å²) in [6.45, 7) is -0.0473. The largest absolute Gasteiger partial charge is 0.354 e. The highest BCUT2D eigenvalue weighted by atomic mass is 35.5. The minimum Gasteiger partial charge on any atom is -0.354 e. The highest BCUT2D eigenvalue weighted by molar-refractivity contribution is 7.90. The number of nitrogens with zero attached hydrogens (tertiary/aromatic N) is 1. The second-order valence-corrected chi connectivity index (χ2v) is 10.2. The van der Waals surface area contributed by atoms with Crippen molar-refractivity contribution >= 4 is 43.5 Å². The maximum Gasteiger partial charge on any atom is 0.267 e. The van der Waals surface area contributed by atoms with E-state index in [9.17, 15) is 30.8 Å². The lowest BCUT2D eigenvalue weighted by atomic mass is 10.2. The lowest BCUT2D eigenvalue weighted by Gasteiger charge is -2.25. The van der Waals surface area contributed by atoms with Gasteiger partial charge in [0.1, 0.15) is 10.7 Å². The minimum atomic E-state index is -4.52. The summed E-state index contributed by atoms with van der Waals surface area (Å²) in [5, 5.41) is 2.50. The summed E-state index contributed by atoms with van der Waals surface area (Å²) in [5.74, 6) is -2.64. The van der Waals surface area contributed by atoms with Gasteiger partial charge in [0.25, 0.3) is 15.9 Å². The molecule has 1 aliphatic heterocycles. The molecule has 1 aliphatic rings. The van der Waals surface area contributed by atoms with Gasteiger partial charge in [0.2, 0.25) is 15.9 Å². The van der Waals surface area contributed by atoms with Crippen LogP contribution in [0.1, 0.15) is 10.4 Å². The van der Waals surface area contributed by atoms with E-state index in [4.69, 9.17) is 11.6 Å². The van der Waals surface area contributed by atoms with Crippen LogP contribution >= 0.6 is 11.6 Å². The molecule has 0 saturated carbocycles. The number of hydrogen-bond donors (Lipinski definition) is 2. The molecule has 0 bridgehead atoms. The number of rotatable bonds is 5. The molecule has 1 heterocycles. The fourth-order valence-corrected chi connectivity index (χ4v) is 5.27. The molecule has 0 unspecified atom stereocenters. The molecule has 1 fully saturated rings. The second kappa shape index (κ2) is 8.30. The van der Waals surface area contributed by atoms with Crippen molar-refractivity contribution in [3.63, 3.8) is 0 Å². The molecule has 0 atom stereocenters. The molecule has 2 N–H and O–H groups in total. The van der Waals surface area contributed by atoms with Crippen LogP contribution in [0.2, 0.25) is 5.02 Å². The van der Waals surface area contributed by atoms with E-state index in [1.54, 1.807) is 4.72 Å². The summed E-state index contributed by atoms with van der Waals surface area (Å²) in [6.07, 6.45) is 0. The van der Waals surface area contributed by atoms with Crippen molar-refractivity contribution in [2.75, 3.05) is 19.6 Å². The van der Waals surface area contributed by atoms with Crippen LogP contribution in [0.5, 0.6) is 0 Å². The van der Waals surface area contributed by atoms with Gasteiger partial charge in [-0.15, -0.1) is 0 Å². The Hall–Kier alpha value is -2.54. The zero-order valence-corrected chi connectivity index (χ0v) is 17.5. The zero-order chi connectivity index (χ0) is 22.1. The molecule has 30 heavy (non-hydrogen) atoms. The maximum absolute atomic E-state index is 13.9. The van der Waals surface area contributed by atoms with Gasteiger partial charge in [-0.05, 0) is 42.5 Å². The van der Waals surface area contributed by atoms with Gasteiger partial charge >= 0.3 is 0 Å². The Balaban J connectivity index is 1.79. The fraction of sp³-hybridized carbons (Fsp3) is 0.176. The van der Waals surface area contributed by atoms with Gasteiger partial charge in [-0.2, -0.15) is 4.31 Å². The van der Waals surface area contributed by atoms with Gasteiger partial charge in [0.15, 0.2) is 0 Å². The Morgan fingerprint density at radius 1 is 1.10 bits per heavy atom. The first-order chi connectivity index (χ1) is 14.0. The number of sulfonamides is 2. The Morgan fingerprint density at radius 3 is 2.37 bits per heavy atom. The minimum absolute atomic E-state index is 0.0132. The molecule has 3 rings (SSSR count). The van der Waals surface area contributed by atoms with Gasteiger partial charge in [0.05, 0.1) is 11.4 Å². The van der Waals surface area contributed by atoms with E-state index in [1.165, 1.54) is 0 Å². The van der Waals surface area contributed by atoms with E-state index < -0.39 is 42.6 Å². The van der Waals surface area contributed by atoms with Crippen LogP contribution in [0.3, 0.4) is 0 Å². The summed E-state index contributed by atoms with van der Waals surface area (Å²) in [4.78, 5) is 22.8. The molecular formula is C17H15ClFN3O6S2. The predicted molar refractivity (Wildman–Crippen MR) is 104 cm³/mol. The highest BCUT2D eigenvalue weighted by Gasteiger charge is 2.29. The molecule has 0 spiro atoms. The zero-order valence-electron chi connectivity index (χ0n) is 15.1. The Morgan fingerprint density at radius 2 is 1.77 bits per heavy atom. The van der Waals surface area contributed by atoms with Crippen LogP contribution < -0.4 is 10.0 Å². The van der Waals surface area contributed by atoms with Crippen LogP contribution in [-0.2, 0) is 24.8 Å².